The van der Waals surface area contributed by atoms with Crippen LogP contribution in [0.4, 0.5) is 5.13 Å². The van der Waals surface area contributed by atoms with Crippen molar-refractivity contribution in [3.63, 3.8) is 0 Å². The van der Waals surface area contributed by atoms with Gasteiger partial charge in [-0.05, 0) is 42.5 Å². The predicted octanol–water partition coefficient (Wildman–Crippen LogP) is 5.96. The van der Waals surface area contributed by atoms with Crippen molar-refractivity contribution in [1.29, 1.82) is 0 Å². The lowest BCUT2D eigenvalue weighted by Gasteiger charge is -2.10. The van der Waals surface area contributed by atoms with Crippen molar-refractivity contribution >= 4 is 37.7 Å². The average molecular weight is 414 g/mol. The van der Waals surface area contributed by atoms with E-state index < -0.39 is 0 Å². The number of thiazole rings is 1. The lowest BCUT2D eigenvalue weighted by Crippen LogP contribution is -2.03. The lowest BCUT2D eigenvalue weighted by atomic mass is 10.1. The molecule has 5 rings (SSSR count). The van der Waals surface area contributed by atoms with Gasteiger partial charge in [-0.2, -0.15) is 0 Å². The van der Waals surface area contributed by atoms with Crippen LogP contribution in [0.3, 0.4) is 0 Å². The number of para-hydroxylation sites is 2. The van der Waals surface area contributed by atoms with Crippen LogP contribution in [-0.4, -0.2) is 19.2 Å². The molecule has 0 aliphatic carbocycles. The van der Waals surface area contributed by atoms with Gasteiger partial charge < -0.3 is 13.9 Å². The lowest BCUT2D eigenvalue weighted by molar-refractivity contribution is 0.355. The molecule has 0 saturated carbocycles. The molecule has 0 atom stereocenters. The van der Waals surface area contributed by atoms with Crippen molar-refractivity contribution in [2.45, 2.75) is 0 Å². The van der Waals surface area contributed by atoms with Gasteiger partial charge in [0.25, 0.3) is 0 Å². The Morgan fingerprint density at radius 3 is 2.50 bits per heavy atom. The van der Waals surface area contributed by atoms with Gasteiger partial charge in [0.15, 0.2) is 11.5 Å². The fourth-order valence-corrected chi connectivity index (χ4v) is 4.20. The van der Waals surface area contributed by atoms with Crippen molar-refractivity contribution in [3.05, 3.63) is 78.2 Å². The minimum Gasteiger partial charge on any atom is -0.493 e. The Hall–Kier alpha value is -3.64. The summed E-state index contributed by atoms with van der Waals surface area (Å²) in [6, 6.07) is 23.6. The highest BCUT2D eigenvalue weighted by molar-refractivity contribution is 7.21. The molecular formula is C24H18N2O3S. The summed E-state index contributed by atoms with van der Waals surface area (Å²) in [6.45, 7) is 0. The number of aromatic nitrogens is 1. The summed E-state index contributed by atoms with van der Waals surface area (Å²) in [6.07, 6.45) is 0. The second-order valence-electron chi connectivity index (χ2n) is 6.64. The normalized spacial score (nSPS) is 11.9. The maximum absolute atomic E-state index is 6.18. The summed E-state index contributed by atoms with van der Waals surface area (Å²) in [5, 5.41) is 2.45. The van der Waals surface area contributed by atoms with Gasteiger partial charge in [0.2, 0.25) is 5.13 Å². The second-order valence-corrected chi connectivity index (χ2v) is 7.65. The number of methoxy groups -OCH3 is 2. The molecule has 30 heavy (non-hydrogen) atoms. The zero-order valence-corrected chi connectivity index (χ0v) is 17.3. The molecule has 2 aromatic heterocycles. The quantitative estimate of drug-likeness (QED) is 0.364. The first-order valence-corrected chi connectivity index (χ1v) is 10.2. The van der Waals surface area contributed by atoms with E-state index in [0.29, 0.717) is 22.4 Å². The van der Waals surface area contributed by atoms with Crippen LogP contribution in [0.1, 0.15) is 0 Å². The molecule has 3 aromatic carbocycles. The van der Waals surface area contributed by atoms with Crippen LogP contribution in [0.2, 0.25) is 0 Å². The maximum Gasteiger partial charge on any atom is 0.210 e. The first-order chi connectivity index (χ1) is 14.7. The minimum atomic E-state index is 0.642. The van der Waals surface area contributed by atoms with Gasteiger partial charge in [0.05, 0.1) is 29.8 Å². The molecule has 6 heteroatoms. The van der Waals surface area contributed by atoms with E-state index in [1.165, 1.54) is 0 Å². The molecule has 148 valence electrons. The van der Waals surface area contributed by atoms with E-state index in [9.17, 15) is 0 Å². The predicted molar refractivity (Wildman–Crippen MR) is 120 cm³/mol. The Bertz CT molecular complexity index is 1400. The summed E-state index contributed by atoms with van der Waals surface area (Å²) in [7, 11) is 3.24. The van der Waals surface area contributed by atoms with Crippen LogP contribution in [0.15, 0.2) is 82.2 Å². The number of fused-ring (bicyclic) bond motifs is 2. The van der Waals surface area contributed by atoms with E-state index in [1.807, 2.05) is 66.7 Å². The zero-order chi connectivity index (χ0) is 20.5. The van der Waals surface area contributed by atoms with E-state index >= 15 is 0 Å². The van der Waals surface area contributed by atoms with Crippen molar-refractivity contribution in [1.82, 2.24) is 4.98 Å². The fourth-order valence-electron chi connectivity index (χ4n) is 3.35. The standard InChI is InChI=1S/C24H18N2O3S/c1-27-20-12-11-15(13-22(20)28-2)21-14-18(16-7-3-5-9-19(16)29-21)26-24-25-17-8-4-6-10-23(17)30-24/h3-14H,1-2H3. The molecule has 0 unspecified atom stereocenters. The summed E-state index contributed by atoms with van der Waals surface area (Å²) < 4.78 is 18.1. The number of nitrogens with zero attached hydrogens (tertiary/aromatic N) is 2. The molecule has 0 aliphatic rings. The van der Waals surface area contributed by atoms with Crippen LogP contribution in [0, 0.1) is 0 Å². The third-order valence-corrected chi connectivity index (χ3v) is 5.75. The minimum absolute atomic E-state index is 0.642. The molecule has 0 spiro atoms. The van der Waals surface area contributed by atoms with Crippen LogP contribution in [0.25, 0.3) is 32.5 Å². The van der Waals surface area contributed by atoms with Gasteiger partial charge in [-0.25, -0.2) is 9.98 Å². The van der Waals surface area contributed by atoms with Crippen LogP contribution in [0.5, 0.6) is 11.5 Å². The molecular weight excluding hydrogens is 396 g/mol. The van der Waals surface area contributed by atoms with E-state index in [2.05, 4.69) is 11.1 Å². The van der Waals surface area contributed by atoms with Gasteiger partial charge in [0, 0.05) is 17.0 Å². The number of ether oxygens (including phenoxy) is 2. The highest BCUT2D eigenvalue weighted by Crippen LogP contribution is 2.33. The second kappa shape index (κ2) is 7.65. The maximum atomic E-state index is 6.18. The van der Waals surface area contributed by atoms with Gasteiger partial charge in [-0.3, -0.25) is 0 Å². The fraction of sp³-hybridized carbons (Fsp3) is 0.0833. The van der Waals surface area contributed by atoms with Crippen LogP contribution < -0.4 is 14.8 Å². The Morgan fingerprint density at radius 2 is 1.67 bits per heavy atom. The molecule has 0 N–H and O–H groups in total. The molecule has 0 radical (unpaired) electrons. The first-order valence-electron chi connectivity index (χ1n) is 9.41. The third kappa shape index (κ3) is 3.31. The van der Waals surface area contributed by atoms with Gasteiger partial charge >= 0.3 is 0 Å². The SMILES string of the molecule is COc1ccc(-c2cc(=Nc3nc4ccccc4s3)c3ccccc3o2)cc1OC. The summed E-state index contributed by atoms with van der Waals surface area (Å²) >= 11 is 1.57. The number of benzene rings is 3. The molecule has 2 heterocycles. The molecule has 0 fully saturated rings. The Labute approximate surface area is 176 Å². The van der Waals surface area contributed by atoms with E-state index in [0.717, 1.165) is 32.1 Å². The van der Waals surface area contributed by atoms with Gasteiger partial charge in [-0.1, -0.05) is 35.6 Å². The van der Waals surface area contributed by atoms with Crippen molar-refractivity contribution in [3.8, 4) is 22.8 Å². The topological polar surface area (TPSA) is 56.9 Å². The number of hydrogen-bond donors (Lipinski definition) is 0. The van der Waals surface area contributed by atoms with E-state index in [1.54, 1.807) is 25.6 Å². The van der Waals surface area contributed by atoms with Gasteiger partial charge in [0.1, 0.15) is 11.3 Å². The monoisotopic (exact) mass is 414 g/mol. The average Bonchev–Trinajstić information content (AvgIpc) is 3.21. The van der Waals surface area contributed by atoms with Crippen molar-refractivity contribution < 1.29 is 13.9 Å². The summed E-state index contributed by atoms with van der Waals surface area (Å²) in [5.41, 5.74) is 2.58. The molecule has 5 aromatic rings. The van der Waals surface area contributed by atoms with E-state index in [-0.39, 0.29) is 0 Å². The first kappa shape index (κ1) is 18.4. The van der Waals surface area contributed by atoms with E-state index in [4.69, 9.17) is 18.9 Å². The number of rotatable bonds is 4. The summed E-state index contributed by atoms with van der Waals surface area (Å²) in [4.78, 5) is 9.51. The number of hydrogen-bond acceptors (Lipinski definition) is 6. The molecule has 0 bridgehead atoms. The van der Waals surface area contributed by atoms with Crippen LogP contribution >= 0.6 is 11.3 Å². The highest BCUT2D eigenvalue weighted by Gasteiger charge is 2.11. The van der Waals surface area contributed by atoms with Crippen molar-refractivity contribution in [2.75, 3.05) is 14.2 Å². The zero-order valence-electron chi connectivity index (χ0n) is 16.5. The summed E-state index contributed by atoms with van der Waals surface area (Å²) in [5.74, 6) is 2.00. The Balaban J connectivity index is 1.72. The molecule has 5 nitrogen and oxygen atoms in total. The van der Waals surface area contributed by atoms with Crippen LogP contribution in [-0.2, 0) is 0 Å². The molecule has 0 saturated heterocycles. The largest absolute Gasteiger partial charge is 0.493 e. The smallest absolute Gasteiger partial charge is 0.210 e. The highest BCUT2D eigenvalue weighted by atomic mass is 32.1. The Kier molecular flexibility index (Phi) is 4.69. The molecule has 0 aliphatic heterocycles. The molecule has 0 amide bonds. The Morgan fingerprint density at radius 1 is 0.867 bits per heavy atom. The third-order valence-electron chi connectivity index (χ3n) is 4.82. The van der Waals surface area contributed by atoms with Crippen molar-refractivity contribution in [2.24, 2.45) is 4.99 Å². The van der Waals surface area contributed by atoms with Gasteiger partial charge in [-0.15, -0.1) is 0 Å².